The number of benzene rings is 1. The Morgan fingerprint density at radius 2 is 1.96 bits per heavy atom. The van der Waals surface area contributed by atoms with E-state index in [1.165, 1.54) is 7.11 Å². The van der Waals surface area contributed by atoms with Gasteiger partial charge in [-0.3, -0.25) is 4.79 Å². The molecular weight excluding hydrogens is 356 g/mol. The topological polar surface area (TPSA) is 44.8 Å². The molecule has 25 heavy (non-hydrogen) atoms. The van der Waals surface area contributed by atoms with Gasteiger partial charge in [-0.25, -0.2) is 4.89 Å². The molecule has 1 atom stereocenters. The van der Waals surface area contributed by atoms with E-state index in [-0.39, 0.29) is 5.78 Å². The first-order valence-electron chi connectivity index (χ1n) is 8.00. The number of carbonyl (C=O) groups excluding carboxylic acids is 1. The minimum Gasteiger partial charge on any atom is -0.478 e. The number of carbonyl (C=O) groups is 1. The lowest BCUT2D eigenvalue weighted by Gasteiger charge is -2.21. The fraction of sp³-hybridized carbons (Fsp3) is 0.316. The van der Waals surface area contributed by atoms with Crippen molar-refractivity contribution in [2.75, 3.05) is 7.11 Å². The second kappa shape index (κ2) is 7.33. The van der Waals surface area contributed by atoms with Crippen LogP contribution in [0.25, 0.3) is 11.3 Å². The van der Waals surface area contributed by atoms with Gasteiger partial charge in [0.25, 0.3) is 0 Å². The molecule has 132 valence electrons. The van der Waals surface area contributed by atoms with Crippen molar-refractivity contribution < 1.29 is 18.8 Å². The SMILES string of the molecule is CCC1(C)OC(c2ccc(SOOC)cc2)=C(c2sccc2C)C1=O. The summed E-state index contributed by atoms with van der Waals surface area (Å²) < 4.78 is 11.1. The summed E-state index contributed by atoms with van der Waals surface area (Å²) in [6, 6.07) is 9.74. The zero-order chi connectivity index (χ0) is 18.0. The lowest BCUT2D eigenvalue weighted by Crippen LogP contribution is -2.32. The van der Waals surface area contributed by atoms with Gasteiger partial charge in [0.05, 0.1) is 24.7 Å². The van der Waals surface area contributed by atoms with Crippen LogP contribution in [-0.4, -0.2) is 18.5 Å². The Morgan fingerprint density at radius 1 is 1.24 bits per heavy atom. The van der Waals surface area contributed by atoms with Crippen LogP contribution in [-0.2, 0) is 18.8 Å². The number of hydrogen-bond donors (Lipinski definition) is 0. The molecule has 0 amide bonds. The number of thiophene rings is 1. The van der Waals surface area contributed by atoms with E-state index in [4.69, 9.17) is 9.07 Å². The Labute approximate surface area is 155 Å². The maximum Gasteiger partial charge on any atom is 0.211 e. The highest BCUT2D eigenvalue weighted by molar-refractivity contribution is 7.94. The van der Waals surface area contributed by atoms with Crippen molar-refractivity contribution in [3.63, 3.8) is 0 Å². The van der Waals surface area contributed by atoms with Gasteiger partial charge in [0, 0.05) is 15.3 Å². The van der Waals surface area contributed by atoms with Crippen LogP contribution >= 0.6 is 23.4 Å². The van der Waals surface area contributed by atoms with Crippen LogP contribution in [0.2, 0.25) is 0 Å². The number of Topliss-reactive ketones (excluding diaryl/α,β-unsaturated/α-hetero) is 1. The van der Waals surface area contributed by atoms with Crippen LogP contribution < -0.4 is 0 Å². The van der Waals surface area contributed by atoms with E-state index in [9.17, 15) is 4.79 Å². The molecule has 1 aromatic heterocycles. The summed E-state index contributed by atoms with van der Waals surface area (Å²) in [5.41, 5.74) is 1.85. The van der Waals surface area contributed by atoms with Crippen LogP contribution in [0.15, 0.2) is 40.6 Å². The molecule has 0 saturated carbocycles. The van der Waals surface area contributed by atoms with Gasteiger partial charge < -0.3 is 4.74 Å². The van der Waals surface area contributed by atoms with Crippen LogP contribution in [0.1, 0.15) is 36.3 Å². The molecule has 0 N–H and O–H groups in total. The maximum absolute atomic E-state index is 13.1. The van der Waals surface area contributed by atoms with E-state index >= 15 is 0 Å². The first-order chi connectivity index (χ1) is 12.0. The Hall–Kier alpha value is -1.60. The summed E-state index contributed by atoms with van der Waals surface area (Å²) in [5.74, 6) is 0.709. The van der Waals surface area contributed by atoms with Crippen molar-refractivity contribution in [1.82, 2.24) is 0 Å². The summed E-state index contributed by atoms with van der Waals surface area (Å²) in [6.45, 7) is 5.86. The molecule has 1 unspecified atom stereocenters. The highest BCUT2D eigenvalue weighted by atomic mass is 32.2. The van der Waals surface area contributed by atoms with Gasteiger partial charge >= 0.3 is 0 Å². The number of rotatable bonds is 6. The monoisotopic (exact) mass is 376 g/mol. The quantitative estimate of drug-likeness (QED) is 0.390. The highest BCUT2D eigenvalue weighted by Gasteiger charge is 2.45. The van der Waals surface area contributed by atoms with Gasteiger partial charge in [0.1, 0.15) is 5.76 Å². The number of hydrogen-bond acceptors (Lipinski definition) is 6. The Balaban J connectivity index is 2.04. The molecule has 0 aliphatic carbocycles. The molecule has 0 saturated heterocycles. The first-order valence-corrected chi connectivity index (χ1v) is 9.62. The molecule has 4 nitrogen and oxygen atoms in total. The standard InChI is InChI=1S/C19H20O4S2/c1-5-19(3)18(20)15(17-12(2)10-11-24-17)16(22-19)13-6-8-14(9-7-13)25-23-21-4/h6-11H,5H2,1-4H3. The van der Waals surface area contributed by atoms with Crippen molar-refractivity contribution >= 4 is 40.5 Å². The zero-order valence-corrected chi connectivity index (χ0v) is 16.3. The van der Waals surface area contributed by atoms with Gasteiger partial charge in [-0.2, -0.15) is 4.33 Å². The predicted molar refractivity (Wildman–Crippen MR) is 101 cm³/mol. The minimum absolute atomic E-state index is 0.0525. The molecule has 2 aromatic rings. The maximum atomic E-state index is 13.1. The third kappa shape index (κ3) is 3.40. The largest absolute Gasteiger partial charge is 0.478 e. The van der Waals surface area contributed by atoms with Crippen LogP contribution in [0, 0.1) is 6.92 Å². The third-order valence-electron chi connectivity index (χ3n) is 4.34. The molecule has 0 radical (unpaired) electrons. The van der Waals surface area contributed by atoms with E-state index in [2.05, 4.69) is 4.89 Å². The van der Waals surface area contributed by atoms with E-state index in [0.29, 0.717) is 17.8 Å². The summed E-state index contributed by atoms with van der Waals surface area (Å²) in [6.07, 6.45) is 0.624. The van der Waals surface area contributed by atoms with Crippen molar-refractivity contribution in [3.8, 4) is 0 Å². The number of ketones is 1. The lowest BCUT2D eigenvalue weighted by atomic mass is 9.92. The average molecular weight is 376 g/mol. The van der Waals surface area contributed by atoms with Gasteiger partial charge in [-0.15, -0.1) is 11.3 Å². The van der Waals surface area contributed by atoms with E-state index in [0.717, 1.165) is 32.9 Å². The zero-order valence-electron chi connectivity index (χ0n) is 14.6. The Kier molecular flexibility index (Phi) is 5.34. The summed E-state index contributed by atoms with van der Waals surface area (Å²) >= 11 is 2.71. The molecule has 1 aliphatic heterocycles. The van der Waals surface area contributed by atoms with E-state index in [1.807, 2.05) is 56.5 Å². The van der Waals surface area contributed by atoms with Crippen molar-refractivity contribution in [3.05, 3.63) is 51.7 Å². The fourth-order valence-corrected chi connectivity index (χ4v) is 4.06. The highest BCUT2D eigenvalue weighted by Crippen LogP contribution is 2.45. The Morgan fingerprint density at radius 3 is 2.52 bits per heavy atom. The fourth-order valence-electron chi connectivity index (χ4n) is 2.70. The van der Waals surface area contributed by atoms with Crippen LogP contribution in [0.3, 0.4) is 0 Å². The van der Waals surface area contributed by atoms with Gasteiger partial charge in [-0.05, 0) is 49.4 Å². The van der Waals surface area contributed by atoms with Crippen molar-refractivity contribution in [1.29, 1.82) is 0 Å². The normalized spacial score (nSPS) is 20.2. The molecule has 6 heteroatoms. The van der Waals surface area contributed by atoms with Gasteiger partial charge in [0.2, 0.25) is 5.78 Å². The molecule has 2 heterocycles. The molecule has 0 bridgehead atoms. The predicted octanol–water partition coefficient (Wildman–Crippen LogP) is 5.28. The lowest BCUT2D eigenvalue weighted by molar-refractivity contribution is -0.160. The molecule has 3 rings (SSSR count). The second-order valence-corrected chi connectivity index (χ2v) is 7.69. The molecule has 1 aliphatic rings. The van der Waals surface area contributed by atoms with Crippen LogP contribution in [0.4, 0.5) is 0 Å². The van der Waals surface area contributed by atoms with Gasteiger partial charge in [0.15, 0.2) is 5.60 Å². The van der Waals surface area contributed by atoms with E-state index in [1.54, 1.807) is 11.3 Å². The molecule has 0 spiro atoms. The molecule has 0 fully saturated rings. The van der Waals surface area contributed by atoms with Crippen LogP contribution in [0.5, 0.6) is 0 Å². The van der Waals surface area contributed by atoms with Crippen molar-refractivity contribution in [2.45, 2.75) is 37.7 Å². The second-order valence-electron chi connectivity index (χ2n) is 5.99. The average Bonchev–Trinajstić information content (AvgIpc) is 3.15. The summed E-state index contributed by atoms with van der Waals surface area (Å²) in [5, 5.41) is 2.01. The van der Waals surface area contributed by atoms with E-state index < -0.39 is 5.60 Å². The Bertz CT molecular complexity index is 807. The number of ether oxygens (including phenoxy) is 1. The number of aryl methyl sites for hydroxylation is 1. The molecule has 1 aromatic carbocycles. The summed E-state index contributed by atoms with van der Waals surface area (Å²) in [7, 11) is 1.46. The smallest absolute Gasteiger partial charge is 0.211 e. The molecular formula is C19H20O4S2. The first kappa shape index (κ1) is 18.2. The minimum atomic E-state index is -0.812. The third-order valence-corrected chi connectivity index (χ3v) is 6.04. The van der Waals surface area contributed by atoms with Gasteiger partial charge in [-0.1, -0.05) is 19.1 Å². The summed E-state index contributed by atoms with van der Waals surface area (Å²) in [4.78, 5) is 19.6. The van der Waals surface area contributed by atoms with Crippen molar-refractivity contribution in [2.24, 2.45) is 0 Å².